The Morgan fingerprint density at radius 2 is 0.506 bits per heavy atom. The molecular weight excluding hydrogens is 993 g/mol. The third-order valence-corrected chi connectivity index (χ3v) is 14.2. The van der Waals surface area contributed by atoms with Crippen LogP contribution in [0.15, 0.2) is 243 Å². The number of aliphatic hydroxyl groups excluding tert-OH is 1. The summed E-state index contributed by atoms with van der Waals surface area (Å²) in [6.45, 7) is 1.84. The Morgan fingerprint density at radius 1 is 0.266 bits per heavy atom. The summed E-state index contributed by atoms with van der Waals surface area (Å²) in [5, 5.41) is 13.3. The van der Waals surface area contributed by atoms with Gasteiger partial charge < -0.3 is 52.5 Å². The van der Waals surface area contributed by atoms with Gasteiger partial charge in [-0.15, -0.1) is 0 Å². The third kappa shape index (κ3) is 16.0. The van der Waals surface area contributed by atoms with Crippen molar-refractivity contribution in [1.82, 2.24) is 0 Å². The van der Waals surface area contributed by atoms with Gasteiger partial charge in [0.05, 0.1) is 59.5 Å². The van der Waals surface area contributed by atoms with Crippen LogP contribution in [0.25, 0.3) is 0 Å². The second-order valence-corrected chi connectivity index (χ2v) is 20.0. The summed E-state index contributed by atoms with van der Waals surface area (Å²) in [4.78, 5) is 0. The Balaban J connectivity index is 1.07. The lowest BCUT2D eigenvalue weighted by Gasteiger charge is -2.51. The molecule has 0 aromatic heterocycles. The number of benzene rings is 8. The summed E-state index contributed by atoms with van der Waals surface area (Å²) < 4.78 is 70.7. The van der Waals surface area contributed by atoms with E-state index in [1.165, 1.54) is 0 Å². The Morgan fingerprint density at radius 3 is 0.835 bits per heavy atom. The molecule has 2 fully saturated rings. The molecule has 11 atom stereocenters. The molecular formula is C68H70O11. The van der Waals surface area contributed by atoms with Crippen LogP contribution in [0, 0.1) is 0 Å². The molecule has 1 saturated carbocycles. The van der Waals surface area contributed by atoms with Crippen molar-refractivity contribution in [3.8, 4) is 0 Å². The summed E-state index contributed by atoms with van der Waals surface area (Å²) in [7, 11) is 0. The zero-order valence-electron chi connectivity index (χ0n) is 44.3. The van der Waals surface area contributed by atoms with Gasteiger partial charge in [0.1, 0.15) is 61.0 Å². The van der Waals surface area contributed by atoms with Crippen molar-refractivity contribution in [1.29, 1.82) is 0 Å². The molecule has 0 amide bonds. The van der Waals surface area contributed by atoms with E-state index >= 15 is 0 Å². The van der Waals surface area contributed by atoms with E-state index in [1.807, 2.05) is 243 Å². The molecule has 408 valence electrons. The molecule has 11 heteroatoms. The molecule has 1 N–H and O–H groups in total. The van der Waals surface area contributed by atoms with Crippen molar-refractivity contribution in [2.45, 2.75) is 120 Å². The first-order valence-corrected chi connectivity index (χ1v) is 27.3. The van der Waals surface area contributed by atoms with Gasteiger partial charge in [-0.1, -0.05) is 243 Å². The Hall–Kier alpha value is -6.68. The summed E-state index contributed by atoms with van der Waals surface area (Å²) in [5.41, 5.74) is 7.60. The molecule has 8 aromatic carbocycles. The van der Waals surface area contributed by atoms with Gasteiger partial charge >= 0.3 is 0 Å². The molecule has 10 rings (SSSR count). The lowest BCUT2D eigenvalue weighted by Crippen LogP contribution is -2.69. The highest BCUT2D eigenvalue weighted by Crippen LogP contribution is 2.39. The molecule has 0 unspecified atom stereocenters. The highest BCUT2D eigenvalue weighted by atomic mass is 16.7. The molecule has 11 nitrogen and oxygen atoms in total. The standard InChI is InChI=1S/C68H70O11/c69-59-61(72-43-52-29-13-3-14-30-52)64(74-45-54-33-17-5-18-34-54)66(76-47-56-37-21-7-22-38-56)65(75-46-55-35-19-6-20-36-55)62(59)79-68-67(77-48-57-39-23-8-24-40-57)63(73-44-53-31-15-4-16-32-53)60(71-42-51-27-11-2-12-28-51)58(78-68)49-70-41-50-25-9-1-10-26-50/h1-40,58-69H,41-49H2/t58-,59+,60-,61-,62-,63+,64+,65+,66+,67+,68+/m1/s1. The lowest BCUT2D eigenvalue weighted by atomic mass is 9.83. The van der Waals surface area contributed by atoms with Gasteiger partial charge in [-0.2, -0.15) is 0 Å². The van der Waals surface area contributed by atoms with Crippen LogP contribution < -0.4 is 0 Å². The summed E-state index contributed by atoms with van der Waals surface area (Å²) >= 11 is 0. The van der Waals surface area contributed by atoms with E-state index in [0.29, 0.717) is 6.61 Å². The quantitative estimate of drug-likeness (QED) is 0.0531. The molecule has 0 radical (unpaired) electrons. The molecule has 0 bridgehead atoms. The van der Waals surface area contributed by atoms with E-state index in [4.69, 9.17) is 47.4 Å². The maximum Gasteiger partial charge on any atom is 0.187 e. The van der Waals surface area contributed by atoms with Crippen LogP contribution >= 0.6 is 0 Å². The molecule has 0 spiro atoms. The van der Waals surface area contributed by atoms with Gasteiger partial charge in [0, 0.05) is 0 Å². The van der Waals surface area contributed by atoms with Gasteiger partial charge in [0.25, 0.3) is 0 Å². The van der Waals surface area contributed by atoms with Crippen LogP contribution in [0.2, 0.25) is 0 Å². The minimum absolute atomic E-state index is 0.104. The number of aliphatic hydroxyl groups is 1. The average molecular weight is 1060 g/mol. The van der Waals surface area contributed by atoms with E-state index in [-0.39, 0.29) is 52.9 Å². The fraction of sp³-hybridized carbons (Fsp3) is 0.294. The fourth-order valence-corrected chi connectivity index (χ4v) is 10.1. The van der Waals surface area contributed by atoms with Gasteiger partial charge in [0.15, 0.2) is 6.29 Å². The lowest BCUT2D eigenvalue weighted by molar-refractivity contribution is -0.363. The third-order valence-electron chi connectivity index (χ3n) is 14.2. The molecule has 2 aliphatic rings. The number of rotatable bonds is 27. The predicted octanol–water partition coefficient (Wildman–Crippen LogP) is 11.8. The van der Waals surface area contributed by atoms with Crippen molar-refractivity contribution < 1.29 is 52.5 Å². The van der Waals surface area contributed by atoms with Gasteiger partial charge in [-0.05, 0) is 44.5 Å². The second-order valence-electron chi connectivity index (χ2n) is 20.0. The first-order chi connectivity index (χ1) is 39.1. The zero-order valence-corrected chi connectivity index (χ0v) is 44.3. The van der Waals surface area contributed by atoms with Crippen molar-refractivity contribution in [3.05, 3.63) is 287 Å². The van der Waals surface area contributed by atoms with Crippen LogP contribution in [-0.2, 0) is 100 Å². The number of hydrogen-bond acceptors (Lipinski definition) is 11. The number of hydrogen-bond donors (Lipinski definition) is 1. The minimum atomic E-state index is -1.37. The van der Waals surface area contributed by atoms with Gasteiger partial charge in [-0.25, -0.2) is 0 Å². The summed E-state index contributed by atoms with van der Waals surface area (Å²) in [5.74, 6) is 0. The zero-order chi connectivity index (χ0) is 53.7. The topological polar surface area (TPSA) is 113 Å². The first-order valence-electron chi connectivity index (χ1n) is 27.3. The SMILES string of the molecule is O[C@H]1[C@@H](OCc2ccccc2)[C@H](OCc2ccccc2)[C@H](OCc2ccccc2)[C@@H](OCc2ccccc2)[C@@H]1O[C@@H]1O[C@H](COCc2ccccc2)[C@@H](OCc2ccccc2)[C@H](OCc2ccccc2)[C@@H]1OCc1ccccc1. The van der Waals surface area contributed by atoms with E-state index in [9.17, 15) is 5.11 Å². The van der Waals surface area contributed by atoms with Crippen LogP contribution in [0.4, 0.5) is 0 Å². The molecule has 79 heavy (non-hydrogen) atoms. The summed E-state index contributed by atoms with van der Waals surface area (Å²) in [6.07, 6.45) is -10.7. The molecule has 1 aliphatic carbocycles. The first kappa shape index (κ1) is 55.6. The second kappa shape index (κ2) is 29.5. The maximum atomic E-state index is 13.3. The average Bonchev–Trinajstić information content (AvgIpc) is 3.51. The maximum absolute atomic E-state index is 13.3. The largest absolute Gasteiger partial charge is 0.387 e. The summed E-state index contributed by atoms with van der Waals surface area (Å²) in [6, 6.07) is 79.8. The van der Waals surface area contributed by atoms with Crippen LogP contribution in [-0.4, -0.2) is 79.0 Å². The minimum Gasteiger partial charge on any atom is -0.387 e. The smallest absolute Gasteiger partial charge is 0.187 e. The highest BCUT2D eigenvalue weighted by Gasteiger charge is 2.57. The van der Waals surface area contributed by atoms with Gasteiger partial charge in [-0.3, -0.25) is 0 Å². The van der Waals surface area contributed by atoms with Gasteiger partial charge in [0.2, 0.25) is 0 Å². The molecule has 1 saturated heterocycles. The van der Waals surface area contributed by atoms with Crippen molar-refractivity contribution in [3.63, 3.8) is 0 Å². The molecule has 1 aliphatic heterocycles. The Labute approximate surface area is 464 Å². The monoisotopic (exact) mass is 1060 g/mol. The predicted molar refractivity (Wildman–Crippen MR) is 301 cm³/mol. The fourth-order valence-electron chi connectivity index (χ4n) is 10.1. The highest BCUT2D eigenvalue weighted by molar-refractivity contribution is 5.20. The Kier molecular flexibility index (Phi) is 20.8. The normalized spacial score (nSPS) is 24.0. The number of ether oxygens (including phenoxy) is 10. The van der Waals surface area contributed by atoms with Crippen molar-refractivity contribution in [2.24, 2.45) is 0 Å². The van der Waals surface area contributed by atoms with Crippen molar-refractivity contribution >= 4 is 0 Å². The van der Waals surface area contributed by atoms with Crippen molar-refractivity contribution in [2.75, 3.05) is 6.61 Å². The molecule has 8 aromatic rings. The van der Waals surface area contributed by atoms with Crippen LogP contribution in [0.5, 0.6) is 0 Å². The molecule has 1 heterocycles. The van der Waals surface area contributed by atoms with Crippen LogP contribution in [0.3, 0.4) is 0 Å². The van der Waals surface area contributed by atoms with E-state index in [1.54, 1.807) is 0 Å². The van der Waals surface area contributed by atoms with Crippen LogP contribution in [0.1, 0.15) is 44.5 Å². The van der Waals surface area contributed by atoms with E-state index in [0.717, 1.165) is 44.5 Å². The van der Waals surface area contributed by atoms with E-state index in [2.05, 4.69) is 0 Å². The van der Waals surface area contributed by atoms with E-state index < -0.39 is 67.3 Å². The Bertz CT molecular complexity index is 2910.